The summed E-state index contributed by atoms with van der Waals surface area (Å²) in [7, 11) is 0. The molecule has 1 heterocycles. The van der Waals surface area contributed by atoms with Crippen LogP contribution in [-0.4, -0.2) is 12.6 Å². The molecule has 1 aromatic rings. The Morgan fingerprint density at radius 2 is 2.13 bits per heavy atom. The first-order chi connectivity index (χ1) is 7.22. The number of furan rings is 1. The first-order valence-corrected chi connectivity index (χ1v) is 5.96. The molecule has 0 aliphatic carbocycles. The predicted molar refractivity (Wildman–Crippen MR) is 63.9 cm³/mol. The van der Waals surface area contributed by atoms with Crippen molar-refractivity contribution >= 4 is 0 Å². The summed E-state index contributed by atoms with van der Waals surface area (Å²) in [6.45, 7) is 7.76. The molecule has 0 bridgehead atoms. The minimum absolute atomic E-state index is 0.593. The van der Waals surface area contributed by atoms with Gasteiger partial charge in [0, 0.05) is 6.04 Å². The SMILES string of the molecule is CCNC(CCC(C)C)Cc1ccoc1. The Labute approximate surface area is 93.1 Å². The van der Waals surface area contributed by atoms with Crippen molar-refractivity contribution < 1.29 is 4.42 Å². The van der Waals surface area contributed by atoms with Crippen LogP contribution in [0.25, 0.3) is 0 Å². The van der Waals surface area contributed by atoms with Gasteiger partial charge in [-0.3, -0.25) is 0 Å². The van der Waals surface area contributed by atoms with Gasteiger partial charge in [-0.1, -0.05) is 20.8 Å². The van der Waals surface area contributed by atoms with E-state index in [1.54, 1.807) is 6.26 Å². The minimum atomic E-state index is 0.593. The molecule has 2 nitrogen and oxygen atoms in total. The van der Waals surface area contributed by atoms with Crippen LogP contribution in [0.15, 0.2) is 23.0 Å². The summed E-state index contributed by atoms with van der Waals surface area (Å²) < 4.78 is 5.09. The average Bonchev–Trinajstić information content (AvgIpc) is 2.67. The molecule has 0 aromatic carbocycles. The van der Waals surface area contributed by atoms with Gasteiger partial charge in [-0.05, 0) is 43.4 Å². The van der Waals surface area contributed by atoms with Crippen LogP contribution < -0.4 is 5.32 Å². The molecule has 1 rings (SSSR count). The van der Waals surface area contributed by atoms with E-state index in [1.807, 2.05) is 6.26 Å². The lowest BCUT2D eigenvalue weighted by Gasteiger charge is -2.18. The van der Waals surface area contributed by atoms with Crippen LogP contribution in [-0.2, 0) is 6.42 Å². The smallest absolute Gasteiger partial charge is 0.0935 e. The maximum Gasteiger partial charge on any atom is 0.0935 e. The van der Waals surface area contributed by atoms with Crippen LogP contribution in [0.3, 0.4) is 0 Å². The van der Waals surface area contributed by atoms with E-state index in [-0.39, 0.29) is 0 Å². The summed E-state index contributed by atoms with van der Waals surface area (Å²) in [5.74, 6) is 0.788. The van der Waals surface area contributed by atoms with Crippen LogP contribution in [0.1, 0.15) is 39.2 Å². The molecule has 0 aliphatic rings. The van der Waals surface area contributed by atoms with Gasteiger partial charge in [0.1, 0.15) is 0 Å². The van der Waals surface area contributed by atoms with Crippen molar-refractivity contribution in [3.05, 3.63) is 24.2 Å². The Bertz CT molecular complexity index is 241. The highest BCUT2D eigenvalue weighted by atomic mass is 16.3. The molecule has 2 heteroatoms. The van der Waals surface area contributed by atoms with Gasteiger partial charge in [-0.2, -0.15) is 0 Å². The highest BCUT2D eigenvalue weighted by Crippen LogP contribution is 2.12. The van der Waals surface area contributed by atoms with Crippen LogP contribution in [0.2, 0.25) is 0 Å². The highest BCUT2D eigenvalue weighted by molar-refractivity contribution is 5.07. The highest BCUT2D eigenvalue weighted by Gasteiger charge is 2.09. The van der Waals surface area contributed by atoms with Gasteiger partial charge >= 0.3 is 0 Å². The Kier molecular flexibility index (Phi) is 5.48. The Morgan fingerprint density at radius 3 is 2.67 bits per heavy atom. The Hall–Kier alpha value is -0.760. The Morgan fingerprint density at radius 1 is 1.33 bits per heavy atom. The first-order valence-electron chi connectivity index (χ1n) is 5.96. The summed E-state index contributed by atoms with van der Waals surface area (Å²) in [5, 5.41) is 3.53. The molecular weight excluding hydrogens is 186 g/mol. The van der Waals surface area contributed by atoms with Gasteiger partial charge in [0.15, 0.2) is 0 Å². The lowest BCUT2D eigenvalue weighted by molar-refractivity contribution is 0.433. The molecule has 1 N–H and O–H groups in total. The second-order valence-electron chi connectivity index (χ2n) is 4.56. The molecule has 0 aliphatic heterocycles. The minimum Gasteiger partial charge on any atom is -0.472 e. The lowest BCUT2D eigenvalue weighted by Crippen LogP contribution is -2.31. The molecule has 86 valence electrons. The number of hydrogen-bond acceptors (Lipinski definition) is 2. The average molecular weight is 209 g/mol. The quantitative estimate of drug-likeness (QED) is 0.745. The van der Waals surface area contributed by atoms with Gasteiger partial charge in [-0.25, -0.2) is 0 Å². The zero-order valence-corrected chi connectivity index (χ0v) is 10.1. The van der Waals surface area contributed by atoms with Crippen molar-refractivity contribution in [1.29, 1.82) is 0 Å². The maximum atomic E-state index is 5.09. The molecular formula is C13H23NO. The predicted octanol–water partition coefficient (Wildman–Crippen LogP) is 3.24. The molecule has 0 spiro atoms. The van der Waals surface area contributed by atoms with Crippen molar-refractivity contribution in [3.8, 4) is 0 Å². The van der Waals surface area contributed by atoms with Gasteiger partial charge in [-0.15, -0.1) is 0 Å². The fraction of sp³-hybridized carbons (Fsp3) is 0.692. The van der Waals surface area contributed by atoms with Crippen molar-refractivity contribution in [1.82, 2.24) is 5.32 Å². The monoisotopic (exact) mass is 209 g/mol. The third-order valence-corrected chi connectivity index (χ3v) is 2.65. The largest absolute Gasteiger partial charge is 0.472 e. The molecule has 0 fully saturated rings. The van der Waals surface area contributed by atoms with E-state index in [1.165, 1.54) is 18.4 Å². The third kappa shape index (κ3) is 5.03. The van der Waals surface area contributed by atoms with E-state index in [9.17, 15) is 0 Å². The Balaban J connectivity index is 2.36. The van der Waals surface area contributed by atoms with Crippen LogP contribution in [0.5, 0.6) is 0 Å². The van der Waals surface area contributed by atoms with Gasteiger partial charge in [0.25, 0.3) is 0 Å². The van der Waals surface area contributed by atoms with Gasteiger partial charge in [0.05, 0.1) is 12.5 Å². The maximum absolute atomic E-state index is 5.09. The second kappa shape index (κ2) is 6.67. The molecule has 0 radical (unpaired) electrons. The lowest BCUT2D eigenvalue weighted by atomic mass is 9.99. The van der Waals surface area contributed by atoms with Crippen molar-refractivity contribution in [2.45, 2.75) is 46.1 Å². The number of rotatable bonds is 7. The summed E-state index contributed by atoms with van der Waals surface area (Å²) in [6.07, 6.45) is 7.21. The molecule has 0 amide bonds. The van der Waals surface area contributed by atoms with E-state index in [4.69, 9.17) is 4.42 Å². The summed E-state index contributed by atoms with van der Waals surface area (Å²) >= 11 is 0. The van der Waals surface area contributed by atoms with E-state index in [2.05, 4.69) is 32.2 Å². The summed E-state index contributed by atoms with van der Waals surface area (Å²) in [6, 6.07) is 2.65. The molecule has 1 atom stereocenters. The van der Waals surface area contributed by atoms with E-state index in [0.717, 1.165) is 18.9 Å². The molecule has 1 aromatic heterocycles. The fourth-order valence-electron chi connectivity index (χ4n) is 1.79. The third-order valence-electron chi connectivity index (χ3n) is 2.65. The molecule has 0 saturated carbocycles. The molecule has 0 saturated heterocycles. The zero-order chi connectivity index (χ0) is 11.1. The zero-order valence-electron chi connectivity index (χ0n) is 10.1. The van der Waals surface area contributed by atoms with E-state index < -0.39 is 0 Å². The van der Waals surface area contributed by atoms with Crippen molar-refractivity contribution in [2.75, 3.05) is 6.54 Å². The van der Waals surface area contributed by atoms with Gasteiger partial charge in [0.2, 0.25) is 0 Å². The number of likely N-dealkylation sites (N-methyl/N-ethyl adjacent to an activating group) is 1. The van der Waals surface area contributed by atoms with Crippen molar-refractivity contribution in [2.24, 2.45) is 5.92 Å². The van der Waals surface area contributed by atoms with E-state index in [0.29, 0.717) is 6.04 Å². The van der Waals surface area contributed by atoms with Crippen molar-refractivity contribution in [3.63, 3.8) is 0 Å². The number of nitrogens with one attached hydrogen (secondary N) is 1. The van der Waals surface area contributed by atoms with Crippen LogP contribution >= 0.6 is 0 Å². The standard InChI is InChI=1S/C13H23NO/c1-4-14-13(6-5-11(2)3)9-12-7-8-15-10-12/h7-8,10-11,13-14H,4-6,9H2,1-3H3. The normalized spacial score (nSPS) is 13.3. The fourth-order valence-corrected chi connectivity index (χ4v) is 1.79. The first kappa shape index (κ1) is 12.3. The second-order valence-corrected chi connectivity index (χ2v) is 4.56. The number of hydrogen-bond donors (Lipinski definition) is 1. The summed E-state index contributed by atoms with van der Waals surface area (Å²) in [5.41, 5.74) is 1.30. The summed E-state index contributed by atoms with van der Waals surface area (Å²) in [4.78, 5) is 0. The molecule has 15 heavy (non-hydrogen) atoms. The van der Waals surface area contributed by atoms with Crippen LogP contribution in [0, 0.1) is 5.92 Å². The van der Waals surface area contributed by atoms with Gasteiger partial charge < -0.3 is 9.73 Å². The molecule has 1 unspecified atom stereocenters. The topological polar surface area (TPSA) is 25.2 Å². The van der Waals surface area contributed by atoms with Crippen LogP contribution in [0.4, 0.5) is 0 Å². The van der Waals surface area contributed by atoms with E-state index >= 15 is 0 Å².